The van der Waals surface area contributed by atoms with Crippen molar-refractivity contribution in [1.29, 1.82) is 0 Å². The Balaban J connectivity index is 2.18. The van der Waals surface area contributed by atoms with Crippen LogP contribution in [-0.4, -0.2) is 15.2 Å². The Morgan fingerprint density at radius 1 is 1.43 bits per heavy atom. The molecule has 0 saturated heterocycles. The summed E-state index contributed by atoms with van der Waals surface area (Å²) in [6.07, 6.45) is 0.712. The number of rotatable bonds is 2. The molecule has 0 unspecified atom stereocenters. The molecular weight excluding hydrogens is 244 g/mol. The SMILES string of the molecule is Nc1cccc(Cc2nc(Br)n[nH]2)c1. The standard InChI is InChI=1S/C9H9BrN4/c10-9-12-8(13-14-9)5-6-2-1-3-7(11)4-6/h1-4H,5,11H2,(H,12,13,14). The first-order valence-electron chi connectivity index (χ1n) is 4.15. The maximum atomic E-state index is 5.66. The molecule has 0 amide bonds. The molecule has 0 radical (unpaired) electrons. The molecule has 0 aliphatic carbocycles. The van der Waals surface area contributed by atoms with Gasteiger partial charge in [-0.1, -0.05) is 12.1 Å². The third-order valence-electron chi connectivity index (χ3n) is 1.83. The summed E-state index contributed by atoms with van der Waals surface area (Å²) < 4.78 is 0.580. The van der Waals surface area contributed by atoms with Crippen LogP contribution in [0.3, 0.4) is 0 Å². The molecule has 0 bridgehead atoms. The van der Waals surface area contributed by atoms with Gasteiger partial charge in [0.1, 0.15) is 5.82 Å². The molecule has 1 aromatic carbocycles. The summed E-state index contributed by atoms with van der Waals surface area (Å²) in [5, 5.41) is 6.71. The van der Waals surface area contributed by atoms with Crippen molar-refractivity contribution < 1.29 is 0 Å². The highest BCUT2D eigenvalue weighted by Gasteiger charge is 2.01. The summed E-state index contributed by atoms with van der Waals surface area (Å²) in [5.41, 5.74) is 7.55. The number of nitrogens with one attached hydrogen (secondary N) is 1. The highest BCUT2D eigenvalue weighted by Crippen LogP contribution is 2.10. The number of benzene rings is 1. The first-order valence-corrected chi connectivity index (χ1v) is 4.94. The number of hydrogen-bond donors (Lipinski definition) is 2. The van der Waals surface area contributed by atoms with E-state index >= 15 is 0 Å². The Morgan fingerprint density at radius 2 is 2.29 bits per heavy atom. The monoisotopic (exact) mass is 252 g/mol. The number of nitrogen functional groups attached to an aromatic ring is 1. The maximum absolute atomic E-state index is 5.66. The van der Waals surface area contributed by atoms with E-state index in [4.69, 9.17) is 5.73 Å². The van der Waals surface area contributed by atoms with Gasteiger partial charge in [-0.2, -0.15) is 0 Å². The van der Waals surface area contributed by atoms with Crippen molar-refractivity contribution in [1.82, 2.24) is 15.2 Å². The molecule has 2 aromatic rings. The molecule has 1 heterocycles. The van der Waals surface area contributed by atoms with E-state index < -0.39 is 0 Å². The largest absolute Gasteiger partial charge is 0.399 e. The minimum atomic E-state index is 0.580. The van der Waals surface area contributed by atoms with Crippen LogP contribution in [0.4, 0.5) is 5.69 Å². The molecule has 0 saturated carbocycles. The van der Waals surface area contributed by atoms with E-state index in [0.717, 1.165) is 17.1 Å². The van der Waals surface area contributed by atoms with Gasteiger partial charge in [-0.15, -0.1) is 5.10 Å². The van der Waals surface area contributed by atoms with E-state index in [1.807, 2.05) is 24.3 Å². The van der Waals surface area contributed by atoms with Gasteiger partial charge in [0.05, 0.1) is 0 Å². The molecule has 5 heteroatoms. The Labute approximate surface area is 89.7 Å². The quantitative estimate of drug-likeness (QED) is 0.801. The number of aromatic nitrogens is 3. The number of nitrogens with zero attached hydrogens (tertiary/aromatic N) is 2. The van der Waals surface area contributed by atoms with Gasteiger partial charge in [0.15, 0.2) is 0 Å². The van der Waals surface area contributed by atoms with E-state index in [0.29, 0.717) is 11.2 Å². The van der Waals surface area contributed by atoms with Crippen LogP contribution in [0.25, 0.3) is 0 Å². The molecular formula is C9H9BrN4. The Morgan fingerprint density at radius 3 is 2.93 bits per heavy atom. The van der Waals surface area contributed by atoms with E-state index in [1.165, 1.54) is 0 Å². The molecule has 2 rings (SSSR count). The van der Waals surface area contributed by atoms with Crippen LogP contribution >= 0.6 is 15.9 Å². The third-order valence-corrected chi connectivity index (χ3v) is 2.18. The molecule has 0 aliphatic rings. The lowest BCUT2D eigenvalue weighted by atomic mass is 10.1. The number of halogens is 1. The first-order chi connectivity index (χ1) is 6.74. The minimum absolute atomic E-state index is 0.580. The van der Waals surface area contributed by atoms with Crippen LogP contribution in [-0.2, 0) is 6.42 Å². The van der Waals surface area contributed by atoms with Gasteiger partial charge >= 0.3 is 0 Å². The lowest BCUT2D eigenvalue weighted by Gasteiger charge is -1.98. The zero-order valence-electron chi connectivity index (χ0n) is 7.37. The zero-order chi connectivity index (χ0) is 9.97. The van der Waals surface area contributed by atoms with Gasteiger partial charge in [-0.25, -0.2) is 4.98 Å². The van der Waals surface area contributed by atoms with Gasteiger partial charge in [0.2, 0.25) is 4.73 Å². The zero-order valence-corrected chi connectivity index (χ0v) is 8.95. The summed E-state index contributed by atoms with van der Waals surface area (Å²) in [7, 11) is 0. The lowest BCUT2D eigenvalue weighted by Crippen LogP contribution is -1.92. The van der Waals surface area contributed by atoms with E-state index in [-0.39, 0.29) is 0 Å². The van der Waals surface area contributed by atoms with Crippen LogP contribution in [0.15, 0.2) is 29.0 Å². The molecule has 0 fully saturated rings. The van der Waals surface area contributed by atoms with Crippen molar-refractivity contribution in [2.24, 2.45) is 0 Å². The Kier molecular flexibility index (Phi) is 2.49. The van der Waals surface area contributed by atoms with Gasteiger partial charge in [0.25, 0.3) is 0 Å². The predicted molar refractivity (Wildman–Crippen MR) is 57.7 cm³/mol. The molecule has 14 heavy (non-hydrogen) atoms. The summed E-state index contributed by atoms with van der Waals surface area (Å²) in [4.78, 5) is 4.14. The Bertz CT molecular complexity index is 438. The number of hydrogen-bond acceptors (Lipinski definition) is 3. The van der Waals surface area contributed by atoms with Gasteiger partial charge in [-0.05, 0) is 33.6 Å². The van der Waals surface area contributed by atoms with Gasteiger partial charge in [-0.3, -0.25) is 5.10 Å². The smallest absolute Gasteiger partial charge is 0.217 e. The van der Waals surface area contributed by atoms with Crippen molar-refractivity contribution in [3.05, 3.63) is 40.4 Å². The topological polar surface area (TPSA) is 67.6 Å². The molecule has 4 nitrogen and oxygen atoms in total. The second kappa shape index (κ2) is 3.79. The minimum Gasteiger partial charge on any atom is -0.399 e. The lowest BCUT2D eigenvalue weighted by molar-refractivity contribution is 0.971. The highest BCUT2D eigenvalue weighted by molar-refractivity contribution is 9.10. The van der Waals surface area contributed by atoms with Gasteiger partial charge in [0, 0.05) is 12.1 Å². The molecule has 0 spiro atoms. The van der Waals surface area contributed by atoms with Gasteiger partial charge < -0.3 is 5.73 Å². The van der Waals surface area contributed by atoms with Crippen LogP contribution in [0.5, 0.6) is 0 Å². The van der Waals surface area contributed by atoms with E-state index in [9.17, 15) is 0 Å². The summed E-state index contributed by atoms with van der Waals surface area (Å²) in [6.45, 7) is 0. The normalized spacial score (nSPS) is 10.4. The van der Waals surface area contributed by atoms with E-state index in [2.05, 4.69) is 31.1 Å². The molecule has 0 aliphatic heterocycles. The summed E-state index contributed by atoms with van der Waals surface area (Å²) >= 11 is 3.18. The summed E-state index contributed by atoms with van der Waals surface area (Å²) in [5.74, 6) is 0.822. The van der Waals surface area contributed by atoms with Crippen molar-refractivity contribution in [3.63, 3.8) is 0 Å². The number of aromatic amines is 1. The third kappa shape index (κ3) is 2.11. The van der Waals surface area contributed by atoms with Crippen LogP contribution < -0.4 is 5.73 Å². The van der Waals surface area contributed by atoms with Crippen molar-refractivity contribution >= 4 is 21.6 Å². The second-order valence-corrected chi connectivity index (χ2v) is 3.68. The first kappa shape index (κ1) is 9.21. The fourth-order valence-corrected chi connectivity index (χ4v) is 1.55. The van der Waals surface area contributed by atoms with Crippen LogP contribution in [0.2, 0.25) is 0 Å². The van der Waals surface area contributed by atoms with Crippen LogP contribution in [0.1, 0.15) is 11.4 Å². The average molecular weight is 253 g/mol. The number of H-pyrrole nitrogens is 1. The van der Waals surface area contributed by atoms with Crippen molar-refractivity contribution in [3.8, 4) is 0 Å². The average Bonchev–Trinajstić information content (AvgIpc) is 2.51. The molecule has 3 N–H and O–H groups in total. The fourth-order valence-electron chi connectivity index (χ4n) is 1.25. The predicted octanol–water partition coefficient (Wildman–Crippen LogP) is 1.74. The molecule has 72 valence electrons. The second-order valence-electron chi connectivity index (χ2n) is 2.97. The van der Waals surface area contributed by atoms with Crippen molar-refractivity contribution in [2.75, 3.05) is 5.73 Å². The molecule has 1 aromatic heterocycles. The van der Waals surface area contributed by atoms with E-state index in [1.54, 1.807) is 0 Å². The molecule has 0 atom stereocenters. The number of nitrogens with two attached hydrogens (primary N) is 1. The highest BCUT2D eigenvalue weighted by atomic mass is 79.9. The summed E-state index contributed by atoms with van der Waals surface area (Å²) in [6, 6.07) is 7.72. The van der Waals surface area contributed by atoms with Crippen molar-refractivity contribution in [2.45, 2.75) is 6.42 Å². The maximum Gasteiger partial charge on any atom is 0.217 e. The fraction of sp³-hybridized carbons (Fsp3) is 0.111. The number of anilines is 1. The Hall–Kier alpha value is -1.36. The van der Waals surface area contributed by atoms with Crippen LogP contribution in [0, 0.1) is 0 Å².